The van der Waals surface area contributed by atoms with Crippen molar-refractivity contribution in [1.82, 2.24) is 15.4 Å². The molecule has 3 aromatic carbocycles. The predicted octanol–water partition coefficient (Wildman–Crippen LogP) is 6.44. The Morgan fingerprint density at radius 3 is 2.39 bits per heavy atom. The molecule has 0 aliphatic rings. The van der Waals surface area contributed by atoms with Crippen molar-refractivity contribution in [2.24, 2.45) is 0 Å². The predicted molar refractivity (Wildman–Crippen MR) is 139 cm³/mol. The highest BCUT2D eigenvalue weighted by Crippen LogP contribution is 2.44. The first-order valence-electron chi connectivity index (χ1n) is 10.6. The Kier molecular flexibility index (Phi) is 6.29. The quantitative estimate of drug-likeness (QED) is 0.244. The Hall–Kier alpha value is -3.66. The first-order chi connectivity index (χ1) is 17.3. The molecule has 36 heavy (non-hydrogen) atoms. The average molecular weight is 541 g/mol. The van der Waals surface area contributed by atoms with Gasteiger partial charge in [0.25, 0.3) is 10.0 Å². The summed E-state index contributed by atoms with van der Waals surface area (Å²) in [6.07, 6.45) is 4.33. The van der Waals surface area contributed by atoms with Gasteiger partial charge in [-0.3, -0.25) is 0 Å². The van der Waals surface area contributed by atoms with Gasteiger partial charge in [0.1, 0.15) is 17.7 Å². The van der Waals surface area contributed by atoms with E-state index in [1.165, 1.54) is 43.8 Å². The van der Waals surface area contributed by atoms with Crippen molar-refractivity contribution in [3.63, 3.8) is 0 Å². The molecule has 2 heterocycles. The lowest BCUT2D eigenvalue weighted by Gasteiger charge is -2.24. The second kappa shape index (κ2) is 9.42. The highest BCUT2D eigenvalue weighted by Gasteiger charge is 2.32. The maximum atomic E-state index is 14.0. The molecular weight excluding hydrogens is 523 g/mol. The Labute approximate surface area is 217 Å². The summed E-state index contributed by atoms with van der Waals surface area (Å²) in [6.45, 7) is 1.90. The number of ether oxygens (including phenoxy) is 1. The zero-order valence-corrected chi connectivity index (χ0v) is 21.3. The number of benzene rings is 3. The van der Waals surface area contributed by atoms with E-state index in [0.717, 1.165) is 20.8 Å². The van der Waals surface area contributed by atoms with Crippen LogP contribution in [-0.4, -0.2) is 30.9 Å². The van der Waals surface area contributed by atoms with Crippen molar-refractivity contribution < 1.29 is 17.7 Å². The van der Waals surface area contributed by atoms with E-state index in [0.29, 0.717) is 21.0 Å². The number of nitrogens with zero attached hydrogens (tertiary/aromatic N) is 4. The first kappa shape index (κ1) is 24.1. The van der Waals surface area contributed by atoms with Gasteiger partial charge in [-0.2, -0.15) is 10.2 Å². The minimum absolute atomic E-state index is 0.0126. The third-order valence-corrected chi connectivity index (χ3v) is 8.09. The molecule has 0 aliphatic carbocycles. The van der Waals surface area contributed by atoms with Gasteiger partial charge in [0, 0.05) is 27.4 Å². The highest BCUT2D eigenvalue weighted by molar-refractivity contribution is 7.93. The molecule has 8 nitrogen and oxygen atoms in total. The van der Waals surface area contributed by atoms with Crippen LogP contribution in [0.5, 0.6) is 5.75 Å². The van der Waals surface area contributed by atoms with Crippen molar-refractivity contribution in [3.8, 4) is 16.9 Å². The lowest BCUT2D eigenvalue weighted by atomic mass is 10.0. The fourth-order valence-electron chi connectivity index (χ4n) is 3.77. The van der Waals surface area contributed by atoms with Crippen LogP contribution in [-0.2, 0) is 10.0 Å². The maximum Gasteiger partial charge on any atom is 0.270 e. The highest BCUT2D eigenvalue weighted by atomic mass is 35.5. The summed E-state index contributed by atoms with van der Waals surface area (Å²) in [4.78, 5) is 0.0126. The van der Waals surface area contributed by atoms with Gasteiger partial charge >= 0.3 is 0 Å². The van der Waals surface area contributed by atoms with Gasteiger partial charge in [-0.15, -0.1) is 0 Å². The van der Waals surface area contributed by atoms with E-state index < -0.39 is 10.0 Å². The summed E-state index contributed by atoms with van der Waals surface area (Å²) in [6, 6.07) is 14.8. The molecule has 0 saturated heterocycles. The molecule has 0 fully saturated rings. The van der Waals surface area contributed by atoms with Crippen molar-refractivity contribution in [1.29, 1.82) is 0 Å². The lowest BCUT2D eigenvalue weighted by Crippen LogP contribution is -2.27. The SMILES string of the molecule is COc1cc(-c2ccc(C)c(Cl)c2)c(Cl)cc1N(c1ccon1)S(=O)(=O)c1ccc2cnncc2c1. The zero-order valence-electron chi connectivity index (χ0n) is 19.0. The third-order valence-electron chi connectivity index (χ3n) is 5.66. The van der Waals surface area contributed by atoms with Gasteiger partial charge in [0.15, 0.2) is 5.82 Å². The van der Waals surface area contributed by atoms with Gasteiger partial charge < -0.3 is 9.26 Å². The van der Waals surface area contributed by atoms with Gasteiger partial charge in [0.05, 0.1) is 29.4 Å². The number of hydrogen-bond acceptors (Lipinski definition) is 7. The van der Waals surface area contributed by atoms with E-state index in [1.807, 2.05) is 19.1 Å². The monoisotopic (exact) mass is 540 g/mol. The molecule has 5 aromatic rings. The number of methoxy groups -OCH3 is 1. The van der Waals surface area contributed by atoms with Gasteiger partial charge in [-0.05, 0) is 48.4 Å². The molecule has 0 aliphatic heterocycles. The van der Waals surface area contributed by atoms with Crippen molar-refractivity contribution in [3.05, 3.63) is 88.9 Å². The minimum Gasteiger partial charge on any atom is -0.495 e. The Bertz CT molecular complexity index is 1690. The Balaban J connectivity index is 1.70. The van der Waals surface area contributed by atoms with E-state index in [4.69, 9.17) is 32.5 Å². The van der Waals surface area contributed by atoms with Crippen LogP contribution in [0, 0.1) is 6.92 Å². The molecule has 0 bridgehead atoms. The number of halogens is 2. The van der Waals surface area contributed by atoms with E-state index in [2.05, 4.69) is 15.4 Å². The topological polar surface area (TPSA) is 98.4 Å². The molecule has 5 rings (SSSR count). The summed E-state index contributed by atoms with van der Waals surface area (Å²) < 4.78 is 39.6. The molecular formula is C25H18Cl2N4O4S. The summed E-state index contributed by atoms with van der Waals surface area (Å²) in [7, 11) is -2.76. The van der Waals surface area contributed by atoms with Gasteiger partial charge in [0.2, 0.25) is 0 Å². The summed E-state index contributed by atoms with van der Waals surface area (Å²) in [5, 5.41) is 13.8. The minimum atomic E-state index is -4.20. The standard InChI is InChI=1S/C25H18Cl2N4O4S/c1-15-3-4-16(10-21(15)26)20-11-24(34-2)23(12-22(20)27)31(25-7-8-35-30-25)36(32,33)19-6-5-17-13-28-29-14-18(17)9-19/h3-14H,1-2H3. The number of aryl methyl sites for hydroxylation is 1. The zero-order chi connectivity index (χ0) is 25.4. The van der Waals surface area contributed by atoms with Gasteiger partial charge in [-0.25, -0.2) is 12.7 Å². The van der Waals surface area contributed by atoms with Gasteiger partial charge in [-0.1, -0.05) is 46.6 Å². The largest absolute Gasteiger partial charge is 0.495 e. The Morgan fingerprint density at radius 2 is 1.69 bits per heavy atom. The first-order valence-corrected chi connectivity index (χ1v) is 12.8. The molecule has 0 saturated carbocycles. The summed E-state index contributed by atoms with van der Waals surface area (Å²) in [5.74, 6) is 0.285. The van der Waals surface area contributed by atoms with E-state index >= 15 is 0 Å². The van der Waals surface area contributed by atoms with E-state index in [9.17, 15) is 8.42 Å². The smallest absolute Gasteiger partial charge is 0.270 e. The van der Waals surface area contributed by atoms with E-state index in [-0.39, 0.29) is 22.2 Å². The molecule has 0 amide bonds. The second-order valence-corrected chi connectivity index (χ2v) is 10.5. The van der Waals surface area contributed by atoms with E-state index in [1.54, 1.807) is 24.4 Å². The van der Waals surface area contributed by atoms with Crippen LogP contribution < -0.4 is 9.04 Å². The van der Waals surface area contributed by atoms with Crippen LogP contribution in [0.1, 0.15) is 5.56 Å². The lowest BCUT2D eigenvalue weighted by molar-refractivity contribution is 0.414. The molecule has 0 radical (unpaired) electrons. The molecule has 0 atom stereocenters. The summed E-state index contributed by atoms with van der Waals surface area (Å²) in [5.41, 5.74) is 2.46. The second-order valence-electron chi connectivity index (χ2n) is 7.87. The Morgan fingerprint density at radius 1 is 0.917 bits per heavy atom. The fraction of sp³-hybridized carbons (Fsp3) is 0.0800. The molecule has 2 aromatic heterocycles. The number of fused-ring (bicyclic) bond motifs is 1. The number of hydrogen-bond donors (Lipinski definition) is 0. The van der Waals surface area contributed by atoms with Crippen LogP contribution >= 0.6 is 23.2 Å². The molecule has 0 N–H and O–H groups in total. The fourth-order valence-corrected chi connectivity index (χ4v) is 5.69. The molecule has 0 spiro atoms. The number of sulfonamides is 1. The van der Waals surface area contributed by atoms with Crippen LogP contribution in [0.2, 0.25) is 10.0 Å². The number of aromatic nitrogens is 3. The molecule has 11 heteroatoms. The third kappa shape index (κ3) is 4.26. The van der Waals surface area contributed by atoms with Crippen molar-refractivity contribution in [2.45, 2.75) is 11.8 Å². The van der Waals surface area contributed by atoms with Crippen LogP contribution in [0.25, 0.3) is 21.9 Å². The van der Waals surface area contributed by atoms with Crippen molar-refractivity contribution in [2.75, 3.05) is 11.4 Å². The number of rotatable bonds is 6. The normalized spacial score (nSPS) is 11.6. The van der Waals surface area contributed by atoms with Crippen LogP contribution in [0.3, 0.4) is 0 Å². The average Bonchev–Trinajstić information content (AvgIpc) is 3.40. The van der Waals surface area contributed by atoms with Crippen LogP contribution in [0.4, 0.5) is 11.5 Å². The van der Waals surface area contributed by atoms with Crippen molar-refractivity contribution >= 4 is 55.5 Å². The van der Waals surface area contributed by atoms with Crippen LogP contribution in [0.15, 0.2) is 82.7 Å². The number of anilines is 2. The molecule has 0 unspecified atom stereocenters. The maximum absolute atomic E-state index is 14.0. The summed E-state index contributed by atoms with van der Waals surface area (Å²) >= 11 is 13.0. The molecule has 182 valence electrons.